The molecule has 1 amide bonds. The topological polar surface area (TPSA) is 78.6 Å². The van der Waals surface area contributed by atoms with Gasteiger partial charge in [-0.3, -0.25) is 4.79 Å². The van der Waals surface area contributed by atoms with E-state index in [2.05, 4.69) is 0 Å². The molecule has 0 aliphatic carbocycles. The van der Waals surface area contributed by atoms with Gasteiger partial charge in [0.2, 0.25) is 0 Å². The van der Waals surface area contributed by atoms with E-state index < -0.39 is 17.5 Å². The molecule has 0 aliphatic heterocycles. The zero-order valence-electron chi connectivity index (χ0n) is 10.7. The first kappa shape index (κ1) is 14.0. The third-order valence-electron chi connectivity index (χ3n) is 1.87. The molecule has 18 heavy (non-hydrogen) atoms. The number of nitrogens with two attached hydrogens (primary N) is 1. The maximum absolute atomic E-state index is 11.7. The fraction of sp³-hybridized carbons (Fsp3) is 0.385. The Morgan fingerprint density at radius 1 is 1.17 bits per heavy atom. The molecule has 5 heteroatoms. The highest BCUT2D eigenvalue weighted by atomic mass is 16.6. The smallest absolute Gasteiger partial charge is 0.338 e. The van der Waals surface area contributed by atoms with E-state index in [1.807, 2.05) is 0 Å². The second-order valence-electron chi connectivity index (χ2n) is 4.78. The average Bonchev–Trinajstić information content (AvgIpc) is 2.24. The van der Waals surface area contributed by atoms with Crippen LogP contribution in [0.2, 0.25) is 0 Å². The molecule has 0 spiro atoms. The molecule has 98 valence electrons. The van der Waals surface area contributed by atoms with Crippen LogP contribution in [0, 0.1) is 0 Å². The molecule has 0 heterocycles. The molecule has 0 bridgehead atoms. The Bertz CT molecular complexity index is 431. The number of hydrogen-bond acceptors (Lipinski definition) is 4. The minimum absolute atomic E-state index is 0.189. The highest BCUT2D eigenvalue weighted by molar-refractivity contribution is 5.89. The van der Waals surface area contributed by atoms with E-state index >= 15 is 0 Å². The van der Waals surface area contributed by atoms with Gasteiger partial charge < -0.3 is 15.2 Å². The Balaban J connectivity index is 2.65. The standard InChI is InChI=1S/C13H17NO4/c1-13(2,3)18-12(16)9-4-6-10(7-5-9)17-8-11(14)15/h4-7H,8H2,1-3H3,(H2,14,15). The predicted octanol–water partition coefficient (Wildman–Crippen LogP) is 1.51. The number of carbonyl (C=O) groups excluding carboxylic acids is 2. The summed E-state index contributed by atoms with van der Waals surface area (Å²) in [5, 5.41) is 0. The van der Waals surface area contributed by atoms with Gasteiger partial charge in [-0.2, -0.15) is 0 Å². The molecule has 5 nitrogen and oxygen atoms in total. The zero-order valence-corrected chi connectivity index (χ0v) is 10.7. The van der Waals surface area contributed by atoms with Crippen LogP contribution in [-0.4, -0.2) is 24.1 Å². The van der Waals surface area contributed by atoms with Crippen molar-refractivity contribution in [3.63, 3.8) is 0 Å². The third-order valence-corrected chi connectivity index (χ3v) is 1.87. The summed E-state index contributed by atoms with van der Waals surface area (Å²) in [5.74, 6) is -0.476. The molecule has 0 aliphatic rings. The molecular weight excluding hydrogens is 234 g/mol. The number of ether oxygens (including phenoxy) is 2. The van der Waals surface area contributed by atoms with Crippen molar-refractivity contribution in [2.45, 2.75) is 26.4 Å². The highest BCUT2D eigenvalue weighted by Gasteiger charge is 2.17. The summed E-state index contributed by atoms with van der Waals surface area (Å²) in [4.78, 5) is 22.2. The van der Waals surface area contributed by atoms with E-state index in [4.69, 9.17) is 15.2 Å². The maximum atomic E-state index is 11.7. The van der Waals surface area contributed by atoms with Crippen molar-refractivity contribution < 1.29 is 19.1 Å². The number of hydrogen-bond donors (Lipinski definition) is 1. The molecule has 0 unspecified atom stereocenters. The largest absolute Gasteiger partial charge is 0.484 e. The van der Waals surface area contributed by atoms with Gasteiger partial charge in [0, 0.05) is 0 Å². The first-order valence-electron chi connectivity index (χ1n) is 5.52. The summed E-state index contributed by atoms with van der Waals surface area (Å²) in [6, 6.07) is 6.32. The van der Waals surface area contributed by atoms with E-state index in [-0.39, 0.29) is 6.61 Å². The van der Waals surface area contributed by atoms with Crippen LogP contribution in [0.25, 0.3) is 0 Å². The Morgan fingerprint density at radius 2 is 1.72 bits per heavy atom. The minimum Gasteiger partial charge on any atom is -0.484 e. The van der Waals surface area contributed by atoms with Gasteiger partial charge in [-0.25, -0.2) is 4.79 Å². The van der Waals surface area contributed by atoms with Crippen LogP contribution >= 0.6 is 0 Å². The lowest BCUT2D eigenvalue weighted by Crippen LogP contribution is -2.23. The summed E-state index contributed by atoms with van der Waals surface area (Å²) >= 11 is 0. The number of benzene rings is 1. The van der Waals surface area contributed by atoms with Gasteiger partial charge in [-0.1, -0.05) is 0 Å². The van der Waals surface area contributed by atoms with Crippen LogP contribution < -0.4 is 10.5 Å². The monoisotopic (exact) mass is 251 g/mol. The summed E-state index contributed by atoms with van der Waals surface area (Å²) in [7, 11) is 0. The highest BCUT2D eigenvalue weighted by Crippen LogP contribution is 2.15. The average molecular weight is 251 g/mol. The van der Waals surface area contributed by atoms with Gasteiger partial charge in [0.15, 0.2) is 6.61 Å². The van der Waals surface area contributed by atoms with E-state index in [1.54, 1.807) is 45.0 Å². The van der Waals surface area contributed by atoms with Crippen LogP contribution in [0.4, 0.5) is 0 Å². The molecule has 0 fully saturated rings. The zero-order chi connectivity index (χ0) is 13.8. The maximum Gasteiger partial charge on any atom is 0.338 e. The van der Waals surface area contributed by atoms with Gasteiger partial charge in [0.25, 0.3) is 5.91 Å². The molecule has 0 atom stereocenters. The lowest BCUT2D eigenvalue weighted by Gasteiger charge is -2.19. The first-order valence-corrected chi connectivity index (χ1v) is 5.52. The van der Waals surface area contributed by atoms with Crippen LogP contribution in [-0.2, 0) is 9.53 Å². The fourth-order valence-corrected chi connectivity index (χ4v) is 1.18. The van der Waals surface area contributed by atoms with Crippen LogP contribution in [0.3, 0.4) is 0 Å². The normalized spacial score (nSPS) is 10.8. The molecule has 0 saturated carbocycles. The molecular formula is C13H17NO4. The van der Waals surface area contributed by atoms with Gasteiger partial charge in [0.05, 0.1) is 5.56 Å². The number of amides is 1. The van der Waals surface area contributed by atoms with Crippen molar-refractivity contribution >= 4 is 11.9 Å². The number of rotatable bonds is 4. The van der Waals surface area contributed by atoms with Crippen molar-refractivity contribution in [1.29, 1.82) is 0 Å². The lowest BCUT2D eigenvalue weighted by molar-refractivity contribution is -0.119. The third kappa shape index (κ3) is 4.86. The summed E-state index contributed by atoms with van der Waals surface area (Å²) in [6.45, 7) is 5.21. The fourth-order valence-electron chi connectivity index (χ4n) is 1.18. The quantitative estimate of drug-likeness (QED) is 0.822. The van der Waals surface area contributed by atoms with Crippen molar-refractivity contribution in [2.75, 3.05) is 6.61 Å². The molecule has 2 N–H and O–H groups in total. The minimum atomic E-state index is -0.550. The van der Waals surface area contributed by atoms with Crippen LogP contribution in [0.1, 0.15) is 31.1 Å². The van der Waals surface area contributed by atoms with Gasteiger partial charge in [0.1, 0.15) is 11.4 Å². The molecule has 1 rings (SSSR count). The Labute approximate surface area is 106 Å². The van der Waals surface area contributed by atoms with E-state index in [1.165, 1.54) is 0 Å². The predicted molar refractivity (Wildman–Crippen MR) is 66.3 cm³/mol. The van der Waals surface area contributed by atoms with Crippen molar-refractivity contribution in [3.05, 3.63) is 29.8 Å². The van der Waals surface area contributed by atoms with Gasteiger partial charge in [-0.15, -0.1) is 0 Å². The van der Waals surface area contributed by atoms with Crippen LogP contribution in [0.15, 0.2) is 24.3 Å². The lowest BCUT2D eigenvalue weighted by atomic mass is 10.1. The Hall–Kier alpha value is -2.04. The van der Waals surface area contributed by atoms with E-state index in [0.717, 1.165) is 0 Å². The van der Waals surface area contributed by atoms with Crippen molar-refractivity contribution in [3.8, 4) is 5.75 Å². The molecule has 0 aromatic heterocycles. The van der Waals surface area contributed by atoms with Crippen molar-refractivity contribution in [1.82, 2.24) is 0 Å². The Kier molecular flexibility index (Phi) is 4.31. The first-order chi connectivity index (χ1) is 8.28. The SMILES string of the molecule is CC(C)(C)OC(=O)c1ccc(OCC(N)=O)cc1. The Morgan fingerprint density at radius 3 is 2.17 bits per heavy atom. The van der Waals surface area contributed by atoms with Gasteiger partial charge >= 0.3 is 5.97 Å². The molecule has 1 aromatic carbocycles. The van der Waals surface area contributed by atoms with Crippen LogP contribution in [0.5, 0.6) is 5.75 Å². The summed E-state index contributed by atoms with van der Waals surface area (Å²) < 4.78 is 10.3. The second-order valence-corrected chi connectivity index (χ2v) is 4.78. The summed E-state index contributed by atoms with van der Waals surface area (Å²) in [5.41, 5.74) is 4.85. The number of primary amides is 1. The molecule has 0 radical (unpaired) electrons. The van der Waals surface area contributed by atoms with E-state index in [0.29, 0.717) is 11.3 Å². The van der Waals surface area contributed by atoms with Crippen molar-refractivity contribution in [2.24, 2.45) is 5.73 Å². The molecule has 1 aromatic rings. The van der Waals surface area contributed by atoms with Gasteiger partial charge in [-0.05, 0) is 45.0 Å². The second kappa shape index (κ2) is 5.53. The number of carbonyl (C=O) groups is 2. The number of esters is 1. The molecule has 0 saturated heterocycles. The summed E-state index contributed by atoms with van der Waals surface area (Å²) in [6.07, 6.45) is 0. The van der Waals surface area contributed by atoms with E-state index in [9.17, 15) is 9.59 Å².